The number of carbonyl (C=O) groups excluding carboxylic acids is 1. The smallest absolute Gasteiger partial charge is 0.322 e. The molecule has 1 aliphatic heterocycles. The van der Waals surface area contributed by atoms with Gasteiger partial charge < -0.3 is 19.7 Å². The van der Waals surface area contributed by atoms with Gasteiger partial charge >= 0.3 is 5.69 Å². The predicted molar refractivity (Wildman–Crippen MR) is 159 cm³/mol. The summed E-state index contributed by atoms with van der Waals surface area (Å²) in [6.07, 6.45) is 1.21. The molecule has 4 aromatic rings. The molecule has 40 heavy (non-hydrogen) atoms. The topological polar surface area (TPSA) is 97.4 Å². The maximum Gasteiger partial charge on any atom is 0.332 e. The molecule has 0 spiro atoms. The molecule has 12 heteroatoms. The molecule has 0 bridgehead atoms. The Morgan fingerprint density at radius 2 is 1.95 bits per heavy atom. The minimum absolute atomic E-state index is 0.00610. The first-order valence-corrected chi connectivity index (χ1v) is 13.4. The van der Waals surface area contributed by atoms with E-state index in [1.54, 1.807) is 31.3 Å². The summed E-state index contributed by atoms with van der Waals surface area (Å²) in [5, 5.41) is 3.63. The molecule has 0 saturated heterocycles. The number of aromatic nitrogens is 4. The van der Waals surface area contributed by atoms with Crippen molar-refractivity contribution in [1.82, 2.24) is 23.6 Å². The molecule has 1 amide bonds. The summed E-state index contributed by atoms with van der Waals surface area (Å²) in [6.45, 7) is 5.45. The van der Waals surface area contributed by atoms with Crippen LogP contribution in [0.1, 0.15) is 5.56 Å². The lowest BCUT2D eigenvalue weighted by Gasteiger charge is -2.35. The van der Waals surface area contributed by atoms with Crippen LogP contribution in [0.2, 0.25) is 10.0 Å². The first-order chi connectivity index (χ1) is 19.1. The number of aryl methyl sites for hydroxylation is 1. The molecule has 1 aliphatic rings. The van der Waals surface area contributed by atoms with Crippen LogP contribution in [-0.4, -0.2) is 56.7 Å². The van der Waals surface area contributed by atoms with Gasteiger partial charge in [0, 0.05) is 54.0 Å². The van der Waals surface area contributed by atoms with E-state index in [2.05, 4.69) is 16.8 Å². The van der Waals surface area contributed by atoms with Gasteiger partial charge in [-0.25, -0.2) is 4.79 Å². The van der Waals surface area contributed by atoms with Gasteiger partial charge in [0.1, 0.15) is 0 Å². The molecule has 10 nitrogen and oxygen atoms in total. The van der Waals surface area contributed by atoms with Gasteiger partial charge in [-0.2, -0.15) is 4.98 Å². The number of rotatable bonds is 7. The Balaban J connectivity index is 1.68. The zero-order chi connectivity index (χ0) is 28.7. The van der Waals surface area contributed by atoms with Gasteiger partial charge in [0.15, 0.2) is 11.2 Å². The van der Waals surface area contributed by atoms with Gasteiger partial charge in [0.25, 0.3) is 5.56 Å². The van der Waals surface area contributed by atoms with Crippen molar-refractivity contribution in [1.29, 1.82) is 0 Å². The van der Waals surface area contributed by atoms with Gasteiger partial charge in [0.2, 0.25) is 11.9 Å². The molecule has 1 atom stereocenters. The molecular weight excluding hydrogens is 553 g/mol. The van der Waals surface area contributed by atoms with Crippen LogP contribution in [0, 0.1) is 5.92 Å². The van der Waals surface area contributed by atoms with Crippen molar-refractivity contribution in [2.75, 3.05) is 37.4 Å². The molecule has 2 aromatic heterocycles. The van der Waals surface area contributed by atoms with Crippen LogP contribution >= 0.6 is 23.2 Å². The van der Waals surface area contributed by atoms with E-state index in [-0.39, 0.29) is 18.4 Å². The van der Waals surface area contributed by atoms with Crippen molar-refractivity contribution in [3.05, 3.63) is 91.6 Å². The second kappa shape index (κ2) is 11.0. The molecule has 3 heterocycles. The molecule has 0 saturated carbocycles. The monoisotopic (exact) mass is 581 g/mol. The summed E-state index contributed by atoms with van der Waals surface area (Å²) in [6, 6.07) is 12.4. The Kier molecular flexibility index (Phi) is 7.59. The van der Waals surface area contributed by atoms with Gasteiger partial charge in [-0.15, -0.1) is 0 Å². The minimum Gasteiger partial charge on any atom is -0.322 e. The van der Waals surface area contributed by atoms with Crippen molar-refractivity contribution in [3.8, 4) is 0 Å². The van der Waals surface area contributed by atoms with Crippen LogP contribution in [0.15, 0.2) is 64.7 Å². The summed E-state index contributed by atoms with van der Waals surface area (Å²) in [7, 11) is 5.61. The second-order valence-corrected chi connectivity index (χ2v) is 11.0. The van der Waals surface area contributed by atoms with Crippen molar-refractivity contribution < 1.29 is 4.79 Å². The lowest BCUT2D eigenvalue weighted by molar-refractivity contribution is -0.111. The molecule has 0 aliphatic carbocycles. The van der Waals surface area contributed by atoms with E-state index >= 15 is 0 Å². The summed E-state index contributed by atoms with van der Waals surface area (Å²) in [4.78, 5) is 48.2. The minimum atomic E-state index is -0.496. The molecule has 0 radical (unpaired) electrons. The van der Waals surface area contributed by atoms with E-state index in [4.69, 9.17) is 28.2 Å². The predicted octanol–water partition coefficient (Wildman–Crippen LogP) is 3.71. The molecular formula is C28H29Cl2N7O3. The maximum atomic E-state index is 13.9. The Labute approximate surface area is 240 Å². The van der Waals surface area contributed by atoms with Gasteiger partial charge in [-0.3, -0.25) is 18.7 Å². The number of carbonyl (C=O) groups is 1. The average Bonchev–Trinajstić information content (AvgIpc) is 3.30. The van der Waals surface area contributed by atoms with E-state index < -0.39 is 11.2 Å². The highest BCUT2D eigenvalue weighted by atomic mass is 35.5. The van der Waals surface area contributed by atoms with Crippen molar-refractivity contribution in [2.45, 2.75) is 13.1 Å². The Bertz CT molecular complexity index is 1760. The fourth-order valence-corrected chi connectivity index (χ4v) is 5.62. The summed E-state index contributed by atoms with van der Waals surface area (Å²) in [5.74, 6) is 0.374. The third-order valence-corrected chi connectivity index (χ3v) is 7.50. The fraction of sp³-hybridized carbons (Fsp3) is 0.286. The molecule has 2 aromatic carbocycles. The molecule has 1 unspecified atom stereocenters. The third kappa shape index (κ3) is 5.17. The molecule has 1 N–H and O–H groups in total. The number of anilines is 3. The SMILES string of the molecule is C=CC(=O)Nc1cccc(N2CC(CN(C)C)Cn3c2nc2c3c(=O)n(Cc3ccc(Cl)cc3Cl)c(=O)n2C)c1. The second-order valence-electron chi connectivity index (χ2n) is 10.1. The number of hydrogen-bond acceptors (Lipinski definition) is 6. The van der Waals surface area contributed by atoms with E-state index in [1.807, 2.05) is 41.8 Å². The summed E-state index contributed by atoms with van der Waals surface area (Å²) < 4.78 is 4.47. The number of halogens is 2. The van der Waals surface area contributed by atoms with E-state index in [9.17, 15) is 14.4 Å². The van der Waals surface area contributed by atoms with Crippen LogP contribution in [0.5, 0.6) is 0 Å². The molecule has 0 fully saturated rings. The number of amides is 1. The lowest BCUT2D eigenvalue weighted by Crippen LogP contribution is -2.42. The average molecular weight is 582 g/mol. The van der Waals surface area contributed by atoms with E-state index in [0.29, 0.717) is 51.5 Å². The van der Waals surface area contributed by atoms with Crippen molar-refractivity contribution in [3.63, 3.8) is 0 Å². The quantitative estimate of drug-likeness (QED) is 0.334. The molecule has 208 valence electrons. The van der Waals surface area contributed by atoms with Crippen LogP contribution in [-0.2, 0) is 24.9 Å². The highest BCUT2D eigenvalue weighted by Crippen LogP contribution is 2.34. The Morgan fingerprint density at radius 1 is 1.18 bits per heavy atom. The van der Waals surface area contributed by atoms with Gasteiger partial charge in [0.05, 0.1) is 6.54 Å². The normalized spacial score (nSPS) is 14.9. The molecule has 5 rings (SSSR count). The first-order valence-electron chi connectivity index (χ1n) is 12.7. The zero-order valence-corrected chi connectivity index (χ0v) is 23.9. The highest BCUT2D eigenvalue weighted by Gasteiger charge is 2.32. The summed E-state index contributed by atoms with van der Waals surface area (Å²) >= 11 is 12.4. The number of hydrogen-bond donors (Lipinski definition) is 1. The highest BCUT2D eigenvalue weighted by molar-refractivity contribution is 6.35. The third-order valence-electron chi connectivity index (χ3n) is 6.91. The zero-order valence-electron chi connectivity index (χ0n) is 22.4. The van der Waals surface area contributed by atoms with Crippen molar-refractivity contribution in [2.24, 2.45) is 13.0 Å². The first kappa shape index (κ1) is 27.7. The van der Waals surface area contributed by atoms with Crippen LogP contribution in [0.4, 0.5) is 17.3 Å². The largest absolute Gasteiger partial charge is 0.332 e. The number of fused-ring (bicyclic) bond motifs is 3. The van der Waals surface area contributed by atoms with E-state index in [0.717, 1.165) is 12.2 Å². The standard InChI is InChI=1S/C28H29Cl2N7O3/c1-5-23(38)31-20-7-6-8-21(12-20)35-14-17(13-33(2)3)15-36-24-25(32-27(35)36)34(4)28(40)37(26(24)39)16-18-9-10-19(29)11-22(18)30/h5-12,17H,1,13-16H2,2-4H3,(H,31,38). The lowest BCUT2D eigenvalue weighted by atomic mass is 10.1. The number of nitrogens with one attached hydrogen (secondary N) is 1. The number of imidazole rings is 1. The van der Waals surface area contributed by atoms with Crippen LogP contribution in [0.25, 0.3) is 11.2 Å². The number of benzene rings is 2. The Morgan fingerprint density at radius 3 is 2.65 bits per heavy atom. The number of nitrogens with zero attached hydrogens (tertiary/aromatic N) is 6. The fourth-order valence-electron chi connectivity index (χ4n) is 5.15. The summed E-state index contributed by atoms with van der Waals surface area (Å²) in [5.41, 5.74) is 1.70. The van der Waals surface area contributed by atoms with Crippen LogP contribution < -0.4 is 21.5 Å². The van der Waals surface area contributed by atoms with E-state index in [1.165, 1.54) is 15.2 Å². The van der Waals surface area contributed by atoms with Crippen molar-refractivity contribution >= 4 is 57.6 Å². The van der Waals surface area contributed by atoms with Gasteiger partial charge in [-0.05, 0) is 56.1 Å². The Hall–Kier alpha value is -3.86. The van der Waals surface area contributed by atoms with Crippen LogP contribution in [0.3, 0.4) is 0 Å². The maximum absolute atomic E-state index is 13.9. The van der Waals surface area contributed by atoms with Gasteiger partial charge in [-0.1, -0.05) is 41.9 Å².